The zero-order valence-corrected chi connectivity index (χ0v) is 12.9. The first-order valence-corrected chi connectivity index (χ1v) is 7.86. The third-order valence-electron chi connectivity index (χ3n) is 3.90. The maximum Gasteiger partial charge on any atom is 0.244 e. The van der Waals surface area contributed by atoms with E-state index in [1.807, 2.05) is 23.1 Å². The summed E-state index contributed by atoms with van der Waals surface area (Å²) in [7, 11) is 0. The van der Waals surface area contributed by atoms with Gasteiger partial charge in [-0.25, -0.2) is 0 Å². The predicted molar refractivity (Wildman–Crippen MR) is 85.0 cm³/mol. The molecular weight excluding hydrogens is 296 g/mol. The summed E-state index contributed by atoms with van der Waals surface area (Å²) in [5, 5.41) is 2.82. The van der Waals surface area contributed by atoms with Gasteiger partial charge in [-0.3, -0.25) is 9.59 Å². The van der Waals surface area contributed by atoms with Crippen LogP contribution in [-0.2, 0) is 9.59 Å². The van der Waals surface area contributed by atoms with Gasteiger partial charge in [0.2, 0.25) is 18.6 Å². The van der Waals surface area contributed by atoms with Crippen molar-refractivity contribution in [2.45, 2.75) is 19.3 Å². The van der Waals surface area contributed by atoms with E-state index >= 15 is 0 Å². The van der Waals surface area contributed by atoms with Crippen LogP contribution >= 0.6 is 0 Å². The molecule has 0 radical (unpaired) electrons. The first-order chi connectivity index (χ1) is 11.2. The molecule has 2 heterocycles. The fraction of sp³-hybridized carbons (Fsp3) is 0.412. The Hall–Kier alpha value is -2.50. The molecule has 0 aromatic heterocycles. The fourth-order valence-corrected chi connectivity index (χ4v) is 2.67. The highest BCUT2D eigenvalue weighted by Gasteiger charge is 2.18. The Bertz CT molecular complexity index is 627. The summed E-state index contributed by atoms with van der Waals surface area (Å²) in [4.78, 5) is 25.1. The van der Waals surface area contributed by atoms with E-state index in [-0.39, 0.29) is 18.6 Å². The van der Waals surface area contributed by atoms with Crippen molar-refractivity contribution in [2.24, 2.45) is 0 Å². The lowest BCUT2D eigenvalue weighted by Crippen LogP contribution is -2.29. The lowest BCUT2D eigenvalue weighted by Gasteiger charge is -2.14. The van der Waals surface area contributed by atoms with Gasteiger partial charge >= 0.3 is 0 Å². The van der Waals surface area contributed by atoms with Gasteiger partial charge in [0.25, 0.3) is 0 Å². The second-order valence-electron chi connectivity index (χ2n) is 5.57. The molecule has 1 fully saturated rings. The average Bonchev–Trinajstić information content (AvgIpc) is 3.18. The summed E-state index contributed by atoms with van der Waals surface area (Å²) in [6.07, 6.45) is 5.61. The van der Waals surface area contributed by atoms with E-state index in [0.717, 1.165) is 30.7 Å². The predicted octanol–water partition coefficient (Wildman–Crippen LogP) is 1.56. The van der Waals surface area contributed by atoms with Crippen molar-refractivity contribution in [1.29, 1.82) is 0 Å². The highest BCUT2D eigenvalue weighted by Crippen LogP contribution is 2.32. The molecule has 0 bridgehead atoms. The van der Waals surface area contributed by atoms with Crippen LogP contribution in [0.25, 0.3) is 6.08 Å². The van der Waals surface area contributed by atoms with Crippen molar-refractivity contribution in [2.75, 3.05) is 26.4 Å². The van der Waals surface area contributed by atoms with E-state index in [1.54, 1.807) is 6.08 Å². The Labute approximate surface area is 135 Å². The molecular formula is C17H20N2O4. The topological polar surface area (TPSA) is 67.9 Å². The Morgan fingerprint density at radius 3 is 3.00 bits per heavy atom. The second kappa shape index (κ2) is 7.17. The number of likely N-dealkylation sites (tertiary alicyclic amines) is 1. The molecule has 0 spiro atoms. The molecule has 1 aromatic carbocycles. The van der Waals surface area contributed by atoms with E-state index in [1.165, 1.54) is 6.08 Å². The molecule has 6 nitrogen and oxygen atoms in total. The molecule has 23 heavy (non-hydrogen) atoms. The minimum atomic E-state index is -0.143. The van der Waals surface area contributed by atoms with Crippen molar-refractivity contribution in [3.05, 3.63) is 29.8 Å². The van der Waals surface area contributed by atoms with Gasteiger partial charge in [-0.05, 0) is 36.6 Å². The van der Waals surface area contributed by atoms with Crippen LogP contribution < -0.4 is 14.8 Å². The van der Waals surface area contributed by atoms with Crippen LogP contribution in [0.2, 0.25) is 0 Å². The van der Waals surface area contributed by atoms with E-state index in [2.05, 4.69) is 5.32 Å². The molecule has 1 saturated heterocycles. The number of amides is 2. The molecule has 6 heteroatoms. The number of ether oxygens (including phenoxy) is 2. The molecule has 0 atom stereocenters. The van der Waals surface area contributed by atoms with Crippen LogP contribution in [0.15, 0.2) is 24.3 Å². The molecule has 2 amide bonds. The van der Waals surface area contributed by atoms with Crippen molar-refractivity contribution in [3.63, 3.8) is 0 Å². The molecule has 3 rings (SSSR count). The third kappa shape index (κ3) is 4.03. The Morgan fingerprint density at radius 2 is 2.17 bits per heavy atom. The van der Waals surface area contributed by atoms with Crippen LogP contribution in [-0.4, -0.2) is 43.1 Å². The molecule has 0 unspecified atom stereocenters. The highest BCUT2D eigenvalue weighted by atomic mass is 16.7. The van der Waals surface area contributed by atoms with Gasteiger partial charge in [-0.15, -0.1) is 0 Å². The third-order valence-corrected chi connectivity index (χ3v) is 3.90. The van der Waals surface area contributed by atoms with Gasteiger partial charge in [0.15, 0.2) is 11.5 Å². The van der Waals surface area contributed by atoms with E-state index in [9.17, 15) is 9.59 Å². The molecule has 1 aromatic rings. The van der Waals surface area contributed by atoms with E-state index in [0.29, 0.717) is 25.3 Å². The lowest BCUT2D eigenvalue weighted by molar-refractivity contribution is -0.127. The van der Waals surface area contributed by atoms with Gasteiger partial charge in [0.05, 0.1) is 0 Å². The zero-order chi connectivity index (χ0) is 16.1. The number of hydrogen-bond acceptors (Lipinski definition) is 4. The van der Waals surface area contributed by atoms with Crippen molar-refractivity contribution >= 4 is 17.9 Å². The summed E-state index contributed by atoms with van der Waals surface area (Å²) in [5.74, 6) is 1.50. The van der Waals surface area contributed by atoms with Gasteiger partial charge in [0.1, 0.15) is 0 Å². The number of nitrogens with zero attached hydrogens (tertiary/aromatic N) is 1. The summed E-state index contributed by atoms with van der Waals surface area (Å²) in [5.41, 5.74) is 0.882. The van der Waals surface area contributed by atoms with Gasteiger partial charge in [0, 0.05) is 32.1 Å². The standard InChI is InChI=1S/C17H20N2O4/c20-16(18-8-2-10-19-9-1-3-17(19)21)7-5-13-4-6-14-15(11-13)23-12-22-14/h4-7,11H,1-3,8-10,12H2,(H,18,20). The van der Waals surface area contributed by atoms with Crippen LogP contribution in [0.1, 0.15) is 24.8 Å². The van der Waals surface area contributed by atoms with Crippen LogP contribution in [0.5, 0.6) is 11.5 Å². The summed E-state index contributed by atoms with van der Waals surface area (Å²) >= 11 is 0. The molecule has 2 aliphatic rings. The average molecular weight is 316 g/mol. The molecule has 0 saturated carbocycles. The largest absolute Gasteiger partial charge is 0.454 e. The summed E-state index contributed by atoms with van der Waals surface area (Å²) < 4.78 is 10.5. The lowest BCUT2D eigenvalue weighted by atomic mass is 10.2. The number of hydrogen-bond donors (Lipinski definition) is 1. The van der Waals surface area contributed by atoms with E-state index in [4.69, 9.17) is 9.47 Å². The smallest absolute Gasteiger partial charge is 0.244 e. The Kier molecular flexibility index (Phi) is 4.80. The first kappa shape index (κ1) is 15.4. The van der Waals surface area contributed by atoms with Crippen LogP contribution in [0.4, 0.5) is 0 Å². The highest BCUT2D eigenvalue weighted by molar-refractivity contribution is 5.91. The number of rotatable bonds is 6. The SMILES string of the molecule is O=C(C=Cc1ccc2c(c1)OCO2)NCCCN1CCCC1=O. The van der Waals surface area contributed by atoms with Gasteiger partial charge in [-0.2, -0.15) is 0 Å². The van der Waals surface area contributed by atoms with Crippen molar-refractivity contribution < 1.29 is 19.1 Å². The molecule has 2 aliphatic heterocycles. The minimum absolute atomic E-state index is 0.143. The molecule has 122 valence electrons. The van der Waals surface area contributed by atoms with Crippen molar-refractivity contribution in [1.82, 2.24) is 10.2 Å². The Balaban J connectivity index is 1.39. The maximum atomic E-state index is 11.8. The maximum absolute atomic E-state index is 11.8. The Morgan fingerprint density at radius 1 is 1.30 bits per heavy atom. The quantitative estimate of drug-likeness (QED) is 0.639. The van der Waals surface area contributed by atoms with Crippen LogP contribution in [0.3, 0.4) is 0 Å². The first-order valence-electron chi connectivity index (χ1n) is 7.86. The normalized spacial score (nSPS) is 16.3. The second-order valence-corrected chi connectivity index (χ2v) is 5.57. The van der Waals surface area contributed by atoms with Crippen molar-refractivity contribution in [3.8, 4) is 11.5 Å². The number of carbonyl (C=O) groups is 2. The van der Waals surface area contributed by atoms with Crippen LogP contribution in [0, 0.1) is 0 Å². The number of benzene rings is 1. The van der Waals surface area contributed by atoms with Gasteiger partial charge < -0.3 is 19.7 Å². The monoisotopic (exact) mass is 316 g/mol. The number of fused-ring (bicyclic) bond motifs is 1. The van der Waals surface area contributed by atoms with E-state index < -0.39 is 0 Å². The fourth-order valence-electron chi connectivity index (χ4n) is 2.67. The van der Waals surface area contributed by atoms with Gasteiger partial charge in [-0.1, -0.05) is 6.07 Å². The number of carbonyl (C=O) groups excluding carboxylic acids is 2. The zero-order valence-electron chi connectivity index (χ0n) is 12.9. The number of nitrogens with one attached hydrogen (secondary N) is 1. The molecule has 1 N–H and O–H groups in total. The summed E-state index contributed by atoms with van der Waals surface area (Å²) in [6.45, 7) is 2.36. The summed E-state index contributed by atoms with van der Waals surface area (Å²) in [6, 6.07) is 5.54. The molecule has 0 aliphatic carbocycles. The minimum Gasteiger partial charge on any atom is -0.454 e.